The van der Waals surface area contributed by atoms with Gasteiger partial charge in [0.2, 0.25) is 0 Å². The van der Waals surface area contributed by atoms with Gasteiger partial charge in [0, 0.05) is 16.6 Å². The molecule has 0 aromatic heterocycles. The van der Waals surface area contributed by atoms with Gasteiger partial charge in [-0.25, -0.2) is 0 Å². The molecule has 3 heteroatoms. The monoisotopic (exact) mass is 253 g/mol. The molecular weight excluding hydrogens is 238 g/mol. The Hall–Kier alpha value is -2.47. The van der Waals surface area contributed by atoms with E-state index < -0.39 is 0 Å². The van der Waals surface area contributed by atoms with E-state index >= 15 is 0 Å². The van der Waals surface area contributed by atoms with Crippen LogP contribution in [0.2, 0.25) is 0 Å². The molecule has 0 saturated carbocycles. The molecule has 2 aromatic carbocycles. The maximum atomic E-state index is 11.2. The topological polar surface area (TPSA) is 52.3 Å². The van der Waals surface area contributed by atoms with Crippen molar-refractivity contribution in [1.82, 2.24) is 0 Å². The van der Waals surface area contributed by atoms with Crippen molar-refractivity contribution in [3.05, 3.63) is 42.0 Å². The smallest absolute Gasteiger partial charge is 0.317 e. The average molecular weight is 253 g/mol. The van der Waals surface area contributed by atoms with Gasteiger partial charge in [-0.2, -0.15) is 0 Å². The van der Waals surface area contributed by atoms with Crippen LogP contribution in [0, 0.1) is 11.8 Å². The van der Waals surface area contributed by atoms with Crippen LogP contribution in [0.3, 0.4) is 0 Å². The zero-order valence-electron chi connectivity index (χ0n) is 10.8. The molecule has 0 fully saturated rings. The van der Waals surface area contributed by atoms with Crippen LogP contribution in [0.4, 0.5) is 5.69 Å². The van der Waals surface area contributed by atoms with Crippen LogP contribution in [-0.4, -0.2) is 12.6 Å². The lowest BCUT2D eigenvalue weighted by molar-refractivity contribution is -0.141. The largest absolute Gasteiger partial charge is 0.465 e. The van der Waals surface area contributed by atoms with Gasteiger partial charge in [-0.15, -0.1) is 0 Å². The van der Waals surface area contributed by atoms with Crippen LogP contribution >= 0.6 is 0 Å². The van der Waals surface area contributed by atoms with Crippen LogP contribution in [0.15, 0.2) is 36.4 Å². The van der Waals surface area contributed by atoms with Crippen molar-refractivity contribution in [2.45, 2.75) is 13.3 Å². The third kappa shape index (κ3) is 3.05. The van der Waals surface area contributed by atoms with E-state index in [1.165, 1.54) is 0 Å². The van der Waals surface area contributed by atoms with Gasteiger partial charge in [-0.3, -0.25) is 4.79 Å². The summed E-state index contributed by atoms with van der Waals surface area (Å²) in [6, 6.07) is 11.5. The van der Waals surface area contributed by atoms with E-state index in [4.69, 9.17) is 10.5 Å². The highest BCUT2D eigenvalue weighted by atomic mass is 16.5. The molecule has 2 aromatic rings. The quantitative estimate of drug-likeness (QED) is 0.508. The van der Waals surface area contributed by atoms with Crippen LogP contribution < -0.4 is 5.73 Å². The Bertz CT molecular complexity index is 665. The lowest BCUT2D eigenvalue weighted by atomic mass is 10.0. The second-order valence-corrected chi connectivity index (χ2v) is 4.03. The molecule has 0 spiro atoms. The van der Waals surface area contributed by atoms with Crippen molar-refractivity contribution < 1.29 is 9.53 Å². The first-order chi connectivity index (χ1) is 9.22. The maximum absolute atomic E-state index is 11.2. The molecule has 0 aliphatic heterocycles. The van der Waals surface area contributed by atoms with Crippen molar-refractivity contribution in [3.63, 3.8) is 0 Å². The van der Waals surface area contributed by atoms with Crippen LogP contribution in [-0.2, 0) is 9.53 Å². The van der Waals surface area contributed by atoms with Crippen LogP contribution in [0.25, 0.3) is 10.8 Å². The Kier molecular flexibility index (Phi) is 4.04. The number of esters is 1. The van der Waals surface area contributed by atoms with Crippen LogP contribution in [0.1, 0.15) is 18.9 Å². The molecule has 0 saturated heterocycles. The summed E-state index contributed by atoms with van der Waals surface area (Å²) in [4.78, 5) is 11.2. The molecule has 19 heavy (non-hydrogen) atoms. The SMILES string of the molecule is CCOC(=O)CC#Cc1ccc(N)c2ccccc12. The van der Waals surface area contributed by atoms with E-state index in [2.05, 4.69) is 11.8 Å². The summed E-state index contributed by atoms with van der Waals surface area (Å²) in [7, 11) is 0. The molecule has 0 unspecified atom stereocenters. The lowest BCUT2D eigenvalue weighted by Gasteiger charge is -2.03. The molecule has 2 N–H and O–H groups in total. The molecule has 0 atom stereocenters. The van der Waals surface area contributed by atoms with Crippen molar-refractivity contribution in [2.24, 2.45) is 0 Å². The fraction of sp³-hybridized carbons (Fsp3) is 0.188. The number of carbonyl (C=O) groups is 1. The van der Waals surface area contributed by atoms with E-state index in [-0.39, 0.29) is 12.4 Å². The molecule has 2 rings (SSSR count). The lowest BCUT2D eigenvalue weighted by Crippen LogP contribution is -2.01. The van der Waals surface area contributed by atoms with Gasteiger partial charge in [0.25, 0.3) is 0 Å². The zero-order chi connectivity index (χ0) is 13.7. The average Bonchev–Trinajstić information content (AvgIpc) is 2.42. The maximum Gasteiger partial charge on any atom is 0.317 e. The van der Waals surface area contributed by atoms with E-state index in [1.807, 2.05) is 36.4 Å². The predicted molar refractivity (Wildman–Crippen MR) is 76.5 cm³/mol. The van der Waals surface area contributed by atoms with E-state index in [0.717, 1.165) is 22.0 Å². The van der Waals surface area contributed by atoms with Crippen molar-refractivity contribution in [1.29, 1.82) is 0 Å². The normalized spacial score (nSPS) is 9.74. The highest BCUT2D eigenvalue weighted by Crippen LogP contribution is 2.23. The highest BCUT2D eigenvalue weighted by molar-refractivity contribution is 5.96. The Balaban J connectivity index is 2.29. The number of ether oxygens (including phenoxy) is 1. The molecule has 0 aliphatic carbocycles. The number of hydrogen-bond acceptors (Lipinski definition) is 3. The number of benzene rings is 2. The number of anilines is 1. The van der Waals surface area contributed by atoms with Gasteiger partial charge in [-0.1, -0.05) is 36.1 Å². The fourth-order valence-corrected chi connectivity index (χ4v) is 1.85. The zero-order valence-corrected chi connectivity index (χ0v) is 10.8. The molecular formula is C16H15NO2. The molecule has 0 amide bonds. The first-order valence-electron chi connectivity index (χ1n) is 6.14. The van der Waals surface area contributed by atoms with Gasteiger partial charge in [0.15, 0.2) is 0 Å². The summed E-state index contributed by atoms with van der Waals surface area (Å²) in [5.41, 5.74) is 7.52. The molecule has 0 aliphatic rings. The number of nitrogen functional groups attached to an aromatic ring is 1. The molecule has 3 nitrogen and oxygen atoms in total. The number of nitrogens with two attached hydrogens (primary N) is 1. The molecule has 96 valence electrons. The van der Waals surface area contributed by atoms with Gasteiger partial charge in [-0.05, 0) is 24.4 Å². The second kappa shape index (κ2) is 5.92. The molecule has 0 heterocycles. The predicted octanol–water partition coefficient (Wildman–Crippen LogP) is 2.73. The summed E-state index contributed by atoms with van der Waals surface area (Å²) in [5, 5.41) is 1.98. The number of carbonyl (C=O) groups excluding carboxylic acids is 1. The fourth-order valence-electron chi connectivity index (χ4n) is 1.85. The van der Waals surface area contributed by atoms with Gasteiger partial charge >= 0.3 is 5.97 Å². The third-order valence-electron chi connectivity index (χ3n) is 2.72. The Morgan fingerprint density at radius 1 is 1.21 bits per heavy atom. The number of fused-ring (bicyclic) bond motifs is 1. The summed E-state index contributed by atoms with van der Waals surface area (Å²) in [5.74, 6) is 5.53. The van der Waals surface area contributed by atoms with Crippen molar-refractivity contribution in [3.8, 4) is 11.8 Å². The first-order valence-corrected chi connectivity index (χ1v) is 6.14. The first kappa shape index (κ1) is 13.0. The minimum atomic E-state index is -0.297. The van der Waals surface area contributed by atoms with Crippen molar-refractivity contribution in [2.75, 3.05) is 12.3 Å². The number of rotatable bonds is 2. The van der Waals surface area contributed by atoms with Gasteiger partial charge in [0.1, 0.15) is 6.42 Å². The van der Waals surface area contributed by atoms with Gasteiger partial charge in [0.05, 0.1) is 6.61 Å². The summed E-state index contributed by atoms with van der Waals surface area (Å²) in [6.45, 7) is 2.16. The van der Waals surface area contributed by atoms with Crippen molar-refractivity contribution >= 4 is 22.4 Å². The minimum absolute atomic E-state index is 0.104. The molecule has 0 radical (unpaired) electrons. The Morgan fingerprint density at radius 3 is 2.68 bits per heavy atom. The van der Waals surface area contributed by atoms with E-state index in [9.17, 15) is 4.79 Å². The third-order valence-corrected chi connectivity index (χ3v) is 2.72. The van der Waals surface area contributed by atoms with E-state index in [0.29, 0.717) is 6.61 Å². The Labute approximate surface area is 112 Å². The standard InChI is InChI=1S/C16H15NO2/c1-2-19-16(18)9-5-6-12-10-11-15(17)14-8-4-3-7-13(12)14/h3-4,7-8,10-11H,2,9,17H2,1H3. The summed E-state index contributed by atoms with van der Waals surface area (Å²) >= 11 is 0. The van der Waals surface area contributed by atoms with E-state index in [1.54, 1.807) is 6.92 Å². The van der Waals surface area contributed by atoms with Crippen LogP contribution in [0.5, 0.6) is 0 Å². The second-order valence-electron chi connectivity index (χ2n) is 4.03. The summed E-state index contributed by atoms with van der Waals surface area (Å²) in [6.07, 6.45) is 0.104. The minimum Gasteiger partial charge on any atom is -0.465 e. The summed E-state index contributed by atoms with van der Waals surface area (Å²) < 4.78 is 4.82. The number of hydrogen-bond donors (Lipinski definition) is 1. The Morgan fingerprint density at radius 2 is 1.95 bits per heavy atom. The molecule has 0 bridgehead atoms. The highest BCUT2D eigenvalue weighted by Gasteiger charge is 2.01. The van der Waals surface area contributed by atoms with Gasteiger partial charge < -0.3 is 10.5 Å².